The van der Waals surface area contributed by atoms with E-state index in [2.05, 4.69) is 18.8 Å². The van der Waals surface area contributed by atoms with Crippen LogP contribution in [0, 0.1) is 0 Å². The summed E-state index contributed by atoms with van der Waals surface area (Å²) in [5.74, 6) is 0.0709. The SMILES string of the molecule is C=CCC(/C=C/C(=O)CCCCCCCC)OC(=O)Nc1ccccc1. The van der Waals surface area contributed by atoms with Crippen LogP contribution in [0.4, 0.5) is 10.5 Å². The largest absolute Gasteiger partial charge is 0.441 e. The second-order valence-electron chi connectivity index (χ2n) is 6.30. The van der Waals surface area contributed by atoms with Gasteiger partial charge in [0, 0.05) is 18.5 Å². The van der Waals surface area contributed by atoms with E-state index in [0.29, 0.717) is 18.5 Å². The molecule has 1 atom stereocenters. The first-order valence-corrected chi connectivity index (χ1v) is 9.50. The third kappa shape index (κ3) is 10.5. The summed E-state index contributed by atoms with van der Waals surface area (Å²) in [4.78, 5) is 23.9. The Balaban J connectivity index is 2.36. The molecule has 1 unspecified atom stereocenters. The van der Waals surface area contributed by atoms with E-state index in [1.54, 1.807) is 24.3 Å². The van der Waals surface area contributed by atoms with Crippen molar-refractivity contribution in [2.24, 2.45) is 0 Å². The van der Waals surface area contributed by atoms with E-state index in [-0.39, 0.29) is 5.78 Å². The van der Waals surface area contributed by atoms with Gasteiger partial charge in [0.1, 0.15) is 6.10 Å². The van der Waals surface area contributed by atoms with Crippen molar-refractivity contribution >= 4 is 17.6 Å². The number of carbonyl (C=O) groups is 2. The second kappa shape index (κ2) is 13.9. The molecule has 0 radical (unpaired) electrons. The van der Waals surface area contributed by atoms with Crippen LogP contribution in [-0.4, -0.2) is 18.0 Å². The van der Waals surface area contributed by atoms with Crippen molar-refractivity contribution in [3.05, 3.63) is 55.1 Å². The molecule has 1 aromatic carbocycles. The minimum absolute atomic E-state index is 0.0709. The van der Waals surface area contributed by atoms with Crippen LogP contribution < -0.4 is 5.32 Å². The van der Waals surface area contributed by atoms with Crippen molar-refractivity contribution in [1.29, 1.82) is 0 Å². The maximum Gasteiger partial charge on any atom is 0.412 e. The molecule has 1 N–H and O–H groups in total. The van der Waals surface area contributed by atoms with Gasteiger partial charge in [-0.1, -0.05) is 63.3 Å². The summed E-state index contributed by atoms with van der Waals surface area (Å²) in [6.07, 6.45) is 11.7. The minimum atomic E-state index is -0.545. The number of nitrogens with one attached hydrogen (secondary N) is 1. The van der Waals surface area contributed by atoms with Gasteiger partial charge in [-0.2, -0.15) is 0 Å². The van der Waals surface area contributed by atoms with E-state index in [1.807, 2.05) is 18.2 Å². The van der Waals surface area contributed by atoms with Gasteiger partial charge in [-0.3, -0.25) is 10.1 Å². The van der Waals surface area contributed by atoms with Gasteiger partial charge in [-0.15, -0.1) is 6.58 Å². The van der Waals surface area contributed by atoms with Gasteiger partial charge in [0.25, 0.3) is 0 Å². The number of rotatable bonds is 13. The Kier molecular flexibility index (Phi) is 11.6. The van der Waals surface area contributed by atoms with E-state index in [9.17, 15) is 9.59 Å². The van der Waals surface area contributed by atoms with Crippen molar-refractivity contribution in [2.45, 2.75) is 64.4 Å². The van der Waals surface area contributed by atoms with Crippen LogP contribution in [0.3, 0.4) is 0 Å². The molecule has 0 heterocycles. The molecule has 1 amide bonds. The molecule has 0 aromatic heterocycles. The highest BCUT2D eigenvalue weighted by molar-refractivity contribution is 5.89. The fourth-order valence-electron chi connectivity index (χ4n) is 2.51. The van der Waals surface area contributed by atoms with Crippen LogP contribution in [0.2, 0.25) is 0 Å². The minimum Gasteiger partial charge on any atom is -0.441 e. The quantitative estimate of drug-likeness (QED) is 0.265. The van der Waals surface area contributed by atoms with Gasteiger partial charge >= 0.3 is 6.09 Å². The summed E-state index contributed by atoms with van der Waals surface area (Å²) >= 11 is 0. The van der Waals surface area contributed by atoms with E-state index in [4.69, 9.17) is 4.74 Å². The van der Waals surface area contributed by atoms with Crippen molar-refractivity contribution in [1.82, 2.24) is 0 Å². The molecule has 0 spiro atoms. The highest BCUT2D eigenvalue weighted by Gasteiger charge is 2.11. The van der Waals surface area contributed by atoms with Crippen LogP contribution in [0.5, 0.6) is 0 Å². The molecular weight excluding hydrogens is 326 g/mol. The molecule has 0 aliphatic carbocycles. The van der Waals surface area contributed by atoms with Gasteiger partial charge in [0.2, 0.25) is 0 Å². The first-order chi connectivity index (χ1) is 12.7. The topological polar surface area (TPSA) is 55.4 Å². The Morgan fingerprint density at radius 3 is 2.50 bits per heavy atom. The average Bonchev–Trinajstić information content (AvgIpc) is 2.63. The molecule has 0 aliphatic heterocycles. The highest BCUT2D eigenvalue weighted by atomic mass is 16.6. The molecular formula is C22H31NO3. The summed E-state index contributed by atoms with van der Waals surface area (Å²) in [6.45, 7) is 5.86. The number of amides is 1. The van der Waals surface area contributed by atoms with Crippen molar-refractivity contribution in [3.63, 3.8) is 0 Å². The fourth-order valence-corrected chi connectivity index (χ4v) is 2.51. The van der Waals surface area contributed by atoms with E-state index < -0.39 is 12.2 Å². The lowest BCUT2D eigenvalue weighted by atomic mass is 10.1. The number of hydrogen-bond donors (Lipinski definition) is 1. The summed E-state index contributed by atoms with van der Waals surface area (Å²) < 4.78 is 5.35. The molecule has 0 saturated carbocycles. The summed E-state index contributed by atoms with van der Waals surface area (Å²) in [6, 6.07) is 9.10. The monoisotopic (exact) mass is 357 g/mol. The Bertz CT molecular complexity index is 566. The maximum atomic E-state index is 12.0. The van der Waals surface area contributed by atoms with Gasteiger partial charge in [-0.25, -0.2) is 4.79 Å². The van der Waals surface area contributed by atoms with Crippen molar-refractivity contribution in [2.75, 3.05) is 5.32 Å². The average molecular weight is 357 g/mol. The highest BCUT2D eigenvalue weighted by Crippen LogP contribution is 2.10. The Hall–Kier alpha value is -2.36. The number of allylic oxidation sites excluding steroid dienone is 1. The van der Waals surface area contributed by atoms with Crippen LogP contribution in [0.1, 0.15) is 58.3 Å². The number of para-hydroxylation sites is 1. The van der Waals surface area contributed by atoms with Crippen LogP contribution in [-0.2, 0) is 9.53 Å². The van der Waals surface area contributed by atoms with Crippen LogP contribution in [0.15, 0.2) is 55.1 Å². The Morgan fingerprint density at radius 2 is 1.81 bits per heavy atom. The summed E-state index contributed by atoms with van der Waals surface area (Å²) in [7, 11) is 0. The predicted molar refractivity (Wildman–Crippen MR) is 107 cm³/mol. The lowest BCUT2D eigenvalue weighted by molar-refractivity contribution is -0.114. The molecule has 142 valence electrons. The molecule has 4 nitrogen and oxygen atoms in total. The van der Waals surface area contributed by atoms with Crippen molar-refractivity contribution in [3.8, 4) is 0 Å². The predicted octanol–water partition coefficient (Wildman–Crippen LogP) is 6.06. The molecule has 4 heteroatoms. The van der Waals surface area contributed by atoms with Gasteiger partial charge in [0.05, 0.1) is 0 Å². The van der Waals surface area contributed by atoms with Gasteiger partial charge < -0.3 is 4.74 Å². The third-order valence-corrected chi connectivity index (χ3v) is 3.95. The van der Waals surface area contributed by atoms with E-state index >= 15 is 0 Å². The number of hydrogen-bond acceptors (Lipinski definition) is 3. The Labute approximate surface area is 157 Å². The second-order valence-corrected chi connectivity index (χ2v) is 6.30. The maximum absolute atomic E-state index is 12.0. The standard InChI is InChI=1S/C22H31NO3/c1-3-5-6-7-8-12-16-20(24)17-18-21(13-4-2)26-22(25)23-19-14-10-9-11-15-19/h4,9-11,14-15,17-18,21H,2-3,5-8,12-13,16H2,1H3,(H,23,25)/b18-17+. The molecule has 1 rings (SSSR count). The number of anilines is 1. The Morgan fingerprint density at radius 1 is 1.12 bits per heavy atom. The van der Waals surface area contributed by atoms with E-state index in [0.717, 1.165) is 12.8 Å². The number of benzene rings is 1. The lowest BCUT2D eigenvalue weighted by Crippen LogP contribution is -2.20. The molecule has 26 heavy (non-hydrogen) atoms. The smallest absolute Gasteiger partial charge is 0.412 e. The molecule has 0 aliphatic rings. The van der Waals surface area contributed by atoms with Crippen LogP contribution >= 0.6 is 0 Å². The zero-order valence-corrected chi connectivity index (χ0v) is 15.8. The molecule has 0 bridgehead atoms. The van der Waals surface area contributed by atoms with Crippen molar-refractivity contribution < 1.29 is 14.3 Å². The zero-order valence-electron chi connectivity index (χ0n) is 15.8. The number of ether oxygens (including phenoxy) is 1. The number of ketones is 1. The summed E-state index contributed by atoms with van der Waals surface area (Å²) in [5.41, 5.74) is 0.665. The zero-order chi connectivity index (χ0) is 19.0. The van der Waals surface area contributed by atoms with Gasteiger partial charge in [-0.05, 0) is 30.7 Å². The molecule has 0 saturated heterocycles. The number of carbonyl (C=O) groups excluding carboxylic acids is 2. The molecule has 0 fully saturated rings. The summed E-state index contributed by atoms with van der Waals surface area (Å²) in [5, 5.41) is 2.66. The molecule has 1 aromatic rings. The lowest BCUT2D eigenvalue weighted by Gasteiger charge is -2.13. The van der Waals surface area contributed by atoms with Gasteiger partial charge in [0.15, 0.2) is 5.78 Å². The third-order valence-electron chi connectivity index (χ3n) is 3.95. The fraction of sp³-hybridized carbons (Fsp3) is 0.455. The first-order valence-electron chi connectivity index (χ1n) is 9.50. The van der Waals surface area contributed by atoms with E-state index in [1.165, 1.54) is 31.8 Å². The number of unbranched alkanes of at least 4 members (excludes halogenated alkanes) is 5. The first kappa shape index (κ1) is 21.7. The normalized spacial score (nSPS) is 11.9. The van der Waals surface area contributed by atoms with Crippen LogP contribution in [0.25, 0.3) is 0 Å².